The third kappa shape index (κ3) is 2.80. The monoisotopic (exact) mass is 297 g/mol. The maximum absolute atomic E-state index is 11.9. The van der Waals surface area contributed by atoms with E-state index in [0.717, 1.165) is 18.0 Å². The Balaban J connectivity index is 1.64. The smallest absolute Gasteiger partial charge is 0.273 e. The topological polar surface area (TPSA) is 67.2 Å². The van der Waals surface area contributed by atoms with E-state index in [9.17, 15) is 4.79 Å². The molecule has 19 heavy (non-hydrogen) atoms. The average molecular weight is 298 g/mol. The molecule has 1 fully saturated rings. The zero-order valence-electron chi connectivity index (χ0n) is 9.98. The zero-order chi connectivity index (χ0) is 13.2. The molecule has 0 bridgehead atoms. The lowest BCUT2D eigenvalue weighted by Crippen LogP contribution is -2.48. The second-order valence-electron chi connectivity index (χ2n) is 4.41. The zero-order valence-corrected chi connectivity index (χ0v) is 11.6. The number of carbonyl (C=O) groups excluding carboxylic acids is 1. The molecule has 2 N–H and O–H groups in total. The lowest BCUT2D eigenvalue weighted by molar-refractivity contribution is 0.0933. The van der Waals surface area contributed by atoms with Crippen molar-refractivity contribution in [2.75, 3.05) is 19.6 Å². The molecule has 3 heterocycles. The van der Waals surface area contributed by atoms with E-state index in [0.29, 0.717) is 28.3 Å². The number of thiophene rings is 1. The van der Waals surface area contributed by atoms with Crippen LogP contribution in [0.4, 0.5) is 0 Å². The maximum Gasteiger partial charge on any atom is 0.273 e. The van der Waals surface area contributed by atoms with Gasteiger partial charge in [0.05, 0.1) is 9.21 Å². The summed E-state index contributed by atoms with van der Waals surface area (Å²) in [4.78, 5) is 12.7. The molecule has 0 saturated carbocycles. The first kappa shape index (κ1) is 12.7. The third-order valence-electron chi connectivity index (χ3n) is 2.98. The van der Waals surface area contributed by atoms with Gasteiger partial charge in [-0.2, -0.15) is 0 Å². The van der Waals surface area contributed by atoms with Crippen LogP contribution < -0.4 is 10.6 Å². The van der Waals surface area contributed by atoms with E-state index < -0.39 is 0 Å². The van der Waals surface area contributed by atoms with Crippen LogP contribution in [0.15, 0.2) is 22.7 Å². The van der Waals surface area contributed by atoms with Crippen LogP contribution in [0.5, 0.6) is 0 Å². The Bertz CT molecular complexity index is 591. The van der Waals surface area contributed by atoms with E-state index >= 15 is 0 Å². The van der Waals surface area contributed by atoms with Gasteiger partial charge in [-0.05, 0) is 12.1 Å². The Morgan fingerprint density at radius 3 is 3.05 bits per heavy atom. The van der Waals surface area contributed by atoms with Gasteiger partial charge >= 0.3 is 0 Å². The van der Waals surface area contributed by atoms with E-state index in [-0.39, 0.29) is 5.91 Å². The van der Waals surface area contributed by atoms with Gasteiger partial charge in [0.15, 0.2) is 11.5 Å². The van der Waals surface area contributed by atoms with Crippen molar-refractivity contribution in [1.29, 1.82) is 0 Å². The average Bonchev–Trinajstić information content (AvgIpc) is 2.94. The van der Waals surface area contributed by atoms with Gasteiger partial charge in [-0.3, -0.25) is 4.79 Å². The predicted molar refractivity (Wildman–Crippen MR) is 73.5 cm³/mol. The van der Waals surface area contributed by atoms with Crippen molar-refractivity contribution in [3.63, 3.8) is 0 Å². The van der Waals surface area contributed by atoms with Crippen LogP contribution in [0.25, 0.3) is 10.6 Å². The summed E-state index contributed by atoms with van der Waals surface area (Å²) in [6.07, 6.45) is 0. The largest absolute Gasteiger partial charge is 0.355 e. The Hall–Kier alpha value is -1.37. The minimum Gasteiger partial charge on any atom is -0.355 e. The molecule has 3 rings (SSSR count). The molecular formula is C12H12ClN3O2S. The summed E-state index contributed by atoms with van der Waals surface area (Å²) in [5.41, 5.74) is 0.298. The molecule has 2 aromatic heterocycles. The van der Waals surface area contributed by atoms with E-state index in [1.165, 1.54) is 11.3 Å². The molecule has 0 aromatic carbocycles. The number of rotatable bonds is 4. The van der Waals surface area contributed by atoms with Crippen molar-refractivity contribution < 1.29 is 9.32 Å². The molecule has 0 unspecified atom stereocenters. The fraction of sp³-hybridized carbons (Fsp3) is 0.333. The summed E-state index contributed by atoms with van der Waals surface area (Å²) in [6.45, 7) is 2.58. The predicted octanol–water partition coefficient (Wildman–Crippen LogP) is 2.01. The fourth-order valence-electron chi connectivity index (χ4n) is 1.77. The Labute approximate surface area is 118 Å². The van der Waals surface area contributed by atoms with Crippen LogP contribution in [0.3, 0.4) is 0 Å². The highest BCUT2D eigenvalue weighted by atomic mass is 35.5. The molecule has 0 aliphatic carbocycles. The molecule has 0 atom stereocenters. The molecular weight excluding hydrogens is 286 g/mol. The van der Waals surface area contributed by atoms with Crippen LogP contribution in [-0.2, 0) is 0 Å². The van der Waals surface area contributed by atoms with Gasteiger partial charge in [-0.15, -0.1) is 11.3 Å². The molecule has 100 valence electrons. The highest BCUT2D eigenvalue weighted by Gasteiger charge is 2.19. The summed E-state index contributed by atoms with van der Waals surface area (Å²) in [5, 5.41) is 9.79. The SMILES string of the molecule is O=C(NCC1CNC1)c1cc(-c2ccc(Cl)s2)on1. The van der Waals surface area contributed by atoms with Gasteiger partial charge in [0.1, 0.15) is 0 Å². The molecule has 7 heteroatoms. The lowest BCUT2D eigenvalue weighted by atomic mass is 10.0. The lowest BCUT2D eigenvalue weighted by Gasteiger charge is -2.26. The second kappa shape index (κ2) is 5.32. The fourth-order valence-corrected chi connectivity index (χ4v) is 2.76. The number of hydrogen-bond acceptors (Lipinski definition) is 5. The first-order valence-corrected chi connectivity index (χ1v) is 7.13. The van der Waals surface area contributed by atoms with Crippen LogP contribution in [0.2, 0.25) is 4.34 Å². The van der Waals surface area contributed by atoms with Gasteiger partial charge in [0.25, 0.3) is 5.91 Å². The molecule has 0 radical (unpaired) electrons. The summed E-state index contributed by atoms with van der Waals surface area (Å²) in [6, 6.07) is 5.26. The standard InChI is InChI=1S/C12H12ClN3O2S/c13-11-2-1-10(19-11)9-3-8(16-18-9)12(17)15-6-7-4-14-5-7/h1-3,7,14H,4-6H2,(H,15,17). The quantitative estimate of drug-likeness (QED) is 0.906. The van der Waals surface area contributed by atoms with Crippen molar-refractivity contribution in [3.8, 4) is 10.6 Å². The summed E-state index contributed by atoms with van der Waals surface area (Å²) in [5.74, 6) is 0.878. The van der Waals surface area contributed by atoms with Gasteiger partial charge in [0, 0.05) is 31.6 Å². The van der Waals surface area contributed by atoms with Crippen molar-refractivity contribution in [3.05, 3.63) is 28.2 Å². The van der Waals surface area contributed by atoms with Crippen molar-refractivity contribution in [2.24, 2.45) is 5.92 Å². The summed E-state index contributed by atoms with van der Waals surface area (Å²) < 4.78 is 5.84. The van der Waals surface area contributed by atoms with Gasteiger partial charge < -0.3 is 15.2 Å². The number of nitrogens with zero attached hydrogens (tertiary/aromatic N) is 1. The first-order chi connectivity index (χ1) is 9.22. The van der Waals surface area contributed by atoms with Crippen LogP contribution in [0, 0.1) is 5.92 Å². The minimum absolute atomic E-state index is 0.204. The van der Waals surface area contributed by atoms with Gasteiger partial charge in [-0.25, -0.2) is 0 Å². The third-order valence-corrected chi connectivity index (χ3v) is 4.22. The van der Waals surface area contributed by atoms with Crippen molar-refractivity contribution in [1.82, 2.24) is 15.8 Å². The summed E-state index contributed by atoms with van der Waals surface area (Å²) >= 11 is 7.25. The van der Waals surface area contributed by atoms with Crippen molar-refractivity contribution in [2.45, 2.75) is 0 Å². The van der Waals surface area contributed by atoms with E-state index in [1.807, 2.05) is 6.07 Å². The number of amides is 1. The van der Waals surface area contributed by atoms with E-state index in [1.54, 1.807) is 12.1 Å². The highest BCUT2D eigenvalue weighted by Crippen LogP contribution is 2.31. The molecule has 0 spiro atoms. The highest BCUT2D eigenvalue weighted by molar-refractivity contribution is 7.19. The number of aromatic nitrogens is 1. The molecule has 1 aliphatic rings. The number of halogens is 1. The van der Waals surface area contributed by atoms with Crippen LogP contribution in [0.1, 0.15) is 10.5 Å². The molecule has 1 amide bonds. The number of carbonyl (C=O) groups is 1. The normalized spacial score (nSPS) is 15.2. The molecule has 1 aliphatic heterocycles. The maximum atomic E-state index is 11.9. The van der Waals surface area contributed by atoms with Crippen molar-refractivity contribution >= 4 is 28.8 Å². The van der Waals surface area contributed by atoms with E-state index in [4.69, 9.17) is 16.1 Å². The number of nitrogens with one attached hydrogen (secondary N) is 2. The minimum atomic E-state index is -0.204. The Morgan fingerprint density at radius 2 is 2.42 bits per heavy atom. The summed E-state index contributed by atoms with van der Waals surface area (Å²) in [7, 11) is 0. The van der Waals surface area contributed by atoms with Gasteiger partial charge in [-0.1, -0.05) is 16.8 Å². The Kier molecular flexibility index (Phi) is 3.54. The van der Waals surface area contributed by atoms with Crippen LogP contribution >= 0.6 is 22.9 Å². The number of hydrogen-bond donors (Lipinski definition) is 2. The molecule has 5 nitrogen and oxygen atoms in total. The second-order valence-corrected chi connectivity index (χ2v) is 6.13. The molecule has 1 saturated heterocycles. The van der Waals surface area contributed by atoms with E-state index in [2.05, 4.69) is 15.8 Å². The first-order valence-electron chi connectivity index (χ1n) is 5.94. The van der Waals surface area contributed by atoms with Crippen LogP contribution in [-0.4, -0.2) is 30.7 Å². The molecule has 2 aromatic rings. The Morgan fingerprint density at radius 1 is 1.58 bits per heavy atom. The van der Waals surface area contributed by atoms with Gasteiger partial charge in [0.2, 0.25) is 0 Å².